The molecule has 0 aliphatic carbocycles. The van der Waals surface area contributed by atoms with E-state index in [4.69, 9.17) is 0 Å². The van der Waals surface area contributed by atoms with Crippen LogP contribution in [0.1, 0.15) is 38.9 Å². The average molecular weight is 480 g/mol. The Morgan fingerprint density at radius 2 is 1.94 bits per heavy atom. The number of hydrogen-bond donors (Lipinski definition) is 0. The van der Waals surface area contributed by atoms with E-state index in [1.54, 1.807) is 6.92 Å². The molecule has 0 saturated carbocycles. The Bertz CT molecular complexity index is 1450. The summed E-state index contributed by atoms with van der Waals surface area (Å²) < 4.78 is 66.9. The van der Waals surface area contributed by atoms with Crippen LogP contribution in [0, 0.1) is 6.92 Å². The van der Waals surface area contributed by atoms with Crippen LogP contribution in [0.15, 0.2) is 30.5 Å². The lowest BCUT2D eigenvalue weighted by Gasteiger charge is -2.15. The zero-order valence-electron chi connectivity index (χ0n) is 17.0. The number of benzene rings is 1. The third-order valence-corrected chi connectivity index (χ3v) is 7.36. The molecule has 2 aromatic heterocycles. The molecule has 1 unspecified atom stereocenters. The summed E-state index contributed by atoms with van der Waals surface area (Å²) in [7, 11) is -3.21. The predicted octanol–water partition coefficient (Wildman–Crippen LogP) is 2.80. The van der Waals surface area contributed by atoms with E-state index in [2.05, 4.69) is 14.8 Å². The number of hydrogen-bond acceptors (Lipinski definition) is 7. The Balaban J connectivity index is 1.59. The number of aryl methyl sites for hydroxylation is 1. The number of nitrogens with zero attached hydrogens (tertiary/aromatic N) is 4. The normalized spacial score (nSPS) is 20.0. The van der Waals surface area contributed by atoms with Gasteiger partial charge < -0.3 is 4.74 Å². The third kappa shape index (κ3) is 3.52. The van der Waals surface area contributed by atoms with Gasteiger partial charge in [-0.25, -0.2) is 23.0 Å². The highest BCUT2D eigenvalue weighted by Gasteiger charge is 2.41. The summed E-state index contributed by atoms with van der Waals surface area (Å²) in [4.78, 5) is 31.3. The molecule has 172 valence electrons. The van der Waals surface area contributed by atoms with E-state index in [0.717, 1.165) is 17.0 Å². The molecule has 4 heterocycles. The zero-order chi connectivity index (χ0) is 23.7. The van der Waals surface area contributed by atoms with Gasteiger partial charge in [0.2, 0.25) is 0 Å². The van der Waals surface area contributed by atoms with Crippen molar-refractivity contribution in [1.29, 1.82) is 0 Å². The van der Waals surface area contributed by atoms with E-state index in [1.165, 1.54) is 23.0 Å². The highest BCUT2D eigenvalue weighted by atomic mass is 32.2. The molecule has 13 heteroatoms. The van der Waals surface area contributed by atoms with Crippen LogP contribution in [0.25, 0.3) is 11.0 Å². The number of pyridine rings is 1. The Morgan fingerprint density at radius 1 is 1.18 bits per heavy atom. The van der Waals surface area contributed by atoms with Crippen LogP contribution in [0.2, 0.25) is 0 Å². The second-order valence-electron chi connectivity index (χ2n) is 7.82. The standard InChI is InChI=1S/C20H15F3N4O5S/c1-10-15-16-14(8-24-17(15)27(25-10)12-5-6-33(30,31)9-12)18(28)26(19(16)29)11-3-2-4-13(7-11)32-20(21,22)23/h2-4,7-8,12H,5-6,9H2,1H3. The van der Waals surface area contributed by atoms with Crippen LogP contribution in [0.5, 0.6) is 5.75 Å². The monoisotopic (exact) mass is 480 g/mol. The number of carbonyl (C=O) groups is 2. The zero-order valence-corrected chi connectivity index (χ0v) is 17.8. The van der Waals surface area contributed by atoms with Gasteiger partial charge in [0.05, 0.1) is 45.4 Å². The van der Waals surface area contributed by atoms with Crippen molar-refractivity contribution < 1.29 is 35.9 Å². The number of imide groups is 1. The number of sulfone groups is 1. The largest absolute Gasteiger partial charge is 0.573 e. The van der Waals surface area contributed by atoms with Crippen LogP contribution in [-0.2, 0) is 9.84 Å². The van der Waals surface area contributed by atoms with Crippen LogP contribution >= 0.6 is 0 Å². The topological polar surface area (TPSA) is 111 Å². The van der Waals surface area contributed by atoms with Gasteiger partial charge in [0.25, 0.3) is 11.8 Å². The lowest BCUT2D eigenvalue weighted by molar-refractivity contribution is -0.274. The number of halogens is 3. The molecular formula is C20H15F3N4O5S. The fourth-order valence-electron chi connectivity index (χ4n) is 4.26. The molecule has 0 spiro atoms. The first-order valence-corrected chi connectivity index (χ1v) is 11.6. The van der Waals surface area contributed by atoms with Gasteiger partial charge in [0, 0.05) is 12.3 Å². The number of carbonyl (C=O) groups excluding carboxylic acids is 2. The molecule has 2 aliphatic rings. The fraction of sp³-hybridized carbons (Fsp3) is 0.300. The molecule has 1 aromatic carbocycles. The highest BCUT2D eigenvalue weighted by molar-refractivity contribution is 7.91. The van der Waals surface area contributed by atoms with E-state index >= 15 is 0 Å². The Labute approximate surface area is 184 Å². The summed E-state index contributed by atoms with van der Waals surface area (Å²) in [5, 5.41) is 4.70. The van der Waals surface area contributed by atoms with Crippen LogP contribution < -0.4 is 9.64 Å². The lowest BCUT2D eigenvalue weighted by atomic mass is 10.1. The van der Waals surface area contributed by atoms with Gasteiger partial charge in [-0.05, 0) is 25.5 Å². The van der Waals surface area contributed by atoms with E-state index in [-0.39, 0.29) is 34.0 Å². The van der Waals surface area contributed by atoms with Crippen molar-refractivity contribution in [1.82, 2.24) is 14.8 Å². The number of amides is 2. The summed E-state index contributed by atoms with van der Waals surface area (Å²) in [6.07, 6.45) is -3.38. The Hall–Kier alpha value is -3.48. The maximum atomic E-state index is 13.3. The van der Waals surface area contributed by atoms with E-state index in [9.17, 15) is 31.2 Å². The molecule has 0 radical (unpaired) electrons. The first-order chi connectivity index (χ1) is 15.5. The second-order valence-corrected chi connectivity index (χ2v) is 10.1. The molecule has 2 amide bonds. The predicted molar refractivity (Wildman–Crippen MR) is 109 cm³/mol. The Morgan fingerprint density at radius 3 is 2.61 bits per heavy atom. The first-order valence-electron chi connectivity index (χ1n) is 9.78. The van der Waals surface area contributed by atoms with Gasteiger partial charge in [0.15, 0.2) is 15.5 Å². The molecule has 1 atom stereocenters. The average Bonchev–Trinajstić information content (AvgIpc) is 3.33. The van der Waals surface area contributed by atoms with Crippen LogP contribution in [-0.4, -0.2) is 52.9 Å². The summed E-state index contributed by atoms with van der Waals surface area (Å²) in [6.45, 7) is 1.61. The molecule has 9 nitrogen and oxygen atoms in total. The van der Waals surface area contributed by atoms with Crippen molar-refractivity contribution in [2.75, 3.05) is 16.4 Å². The lowest BCUT2D eigenvalue weighted by Crippen LogP contribution is -2.29. The van der Waals surface area contributed by atoms with Crippen molar-refractivity contribution in [2.45, 2.75) is 25.7 Å². The van der Waals surface area contributed by atoms with E-state index < -0.39 is 39.8 Å². The van der Waals surface area contributed by atoms with E-state index in [1.807, 2.05) is 0 Å². The van der Waals surface area contributed by atoms with Gasteiger partial charge in [0.1, 0.15) is 5.75 Å². The number of fused-ring (bicyclic) bond motifs is 3. The number of anilines is 1. The number of rotatable bonds is 3. The van der Waals surface area contributed by atoms with Crippen molar-refractivity contribution >= 4 is 38.4 Å². The number of alkyl halides is 3. The molecule has 3 aromatic rings. The van der Waals surface area contributed by atoms with Crippen LogP contribution in [0.4, 0.5) is 18.9 Å². The van der Waals surface area contributed by atoms with Crippen molar-refractivity contribution in [2.24, 2.45) is 0 Å². The van der Waals surface area contributed by atoms with Crippen molar-refractivity contribution in [3.63, 3.8) is 0 Å². The van der Waals surface area contributed by atoms with Gasteiger partial charge in [-0.2, -0.15) is 5.10 Å². The summed E-state index contributed by atoms with van der Waals surface area (Å²) in [5.74, 6) is -2.15. The third-order valence-electron chi connectivity index (χ3n) is 5.61. The minimum atomic E-state index is -4.93. The highest BCUT2D eigenvalue weighted by Crippen LogP contribution is 2.37. The SMILES string of the molecule is Cc1nn(C2CCS(=O)(=O)C2)c2ncc3c(c12)C(=O)N(c1cccc(OC(F)(F)F)c1)C3=O. The maximum absolute atomic E-state index is 13.3. The van der Waals surface area contributed by atoms with Gasteiger partial charge in [-0.15, -0.1) is 13.2 Å². The van der Waals surface area contributed by atoms with Gasteiger partial charge >= 0.3 is 6.36 Å². The minimum absolute atomic E-state index is 0.0173. The first kappa shape index (κ1) is 21.4. The molecule has 0 bridgehead atoms. The Kier molecular flexibility index (Phi) is 4.54. The summed E-state index contributed by atoms with van der Waals surface area (Å²) >= 11 is 0. The quantitative estimate of drug-likeness (QED) is 0.530. The van der Waals surface area contributed by atoms with Crippen molar-refractivity contribution in [3.8, 4) is 5.75 Å². The number of ether oxygens (including phenoxy) is 1. The molecule has 2 aliphatic heterocycles. The molecule has 1 fully saturated rings. The van der Waals surface area contributed by atoms with Gasteiger partial charge in [-0.3, -0.25) is 9.59 Å². The summed E-state index contributed by atoms with van der Waals surface area (Å²) in [6, 6.07) is 4.10. The minimum Gasteiger partial charge on any atom is -0.406 e. The fourth-order valence-corrected chi connectivity index (χ4v) is 5.95. The molecular weight excluding hydrogens is 465 g/mol. The van der Waals surface area contributed by atoms with Crippen LogP contribution in [0.3, 0.4) is 0 Å². The maximum Gasteiger partial charge on any atom is 0.573 e. The summed E-state index contributed by atoms with van der Waals surface area (Å²) in [5.41, 5.74) is 0.567. The second kappa shape index (κ2) is 7.01. The molecule has 1 saturated heterocycles. The number of aromatic nitrogens is 3. The molecule has 33 heavy (non-hydrogen) atoms. The molecule has 5 rings (SSSR count). The smallest absolute Gasteiger partial charge is 0.406 e. The molecule has 0 N–H and O–H groups in total. The van der Waals surface area contributed by atoms with Gasteiger partial charge in [-0.1, -0.05) is 6.07 Å². The van der Waals surface area contributed by atoms with Crippen molar-refractivity contribution in [3.05, 3.63) is 47.3 Å². The van der Waals surface area contributed by atoms with E-state index in [0.29, 0.717) is 17.5 Å².